The summed E-state index contributed by atoms with van der Waals surface area (Å²) in [4.78, 5) is 16.9. The summed E-state index contributed by atoms with van der Waals surface area (Å²) in [5.41, 5.74) is 1.03. The number of fused-ring (bicyclic) bond motifs is 1. The molecule has 0 aliphatic carbocycles. The fraction of sp³-hybridized carbons (Fsp3) is 0.125. The summed E-state index contributed by atoms with van der Waals surface area (Å²) in [6, 6.07) is 10.6. The zero-order chi connectivity index (χ0) is 15.9. The number of halogens is 3. The number of hydrogen-bond acceptors (Lipinski definition) is 2. The lowest BCUT2D eigenvalue weighted by molar-refractivity contribution is -0.122. The molecule has 1 amide bonds. The minimum Gasteiger partial charge on any atom is -0.311 e. The van der Waals surface area contributed by atoms with E-state index in [-0.39, 0.29) is 11.3 Å². The largest absolute Gasteiger partial charge is 0.311 e. The molecule has 1 aliphatic heterocycles. The van der Waals surface area contributed by atoms with Gasteiger partial charge in [-0.25, -0.2) is 13.8 Å². The van der Waals surface area contributed by atoms with Gasteiger partial charge in [-0.1, -0.05) is 23.7 Å². The smallest absolute Gasteiger partial charge is 0.284 e. The van der Waals surface area contributed by atoms with Crippen molar-refractivity contribution < 1.29 is 13.6 Å². The summed E-state index contributed by atoms with van der Waals surface area (Å²) < 4.78 is 28.2. The Hall–Kier alpha value is -2.27. The molecule has 3 rings (SSSR count). The van der Waals surface area contributed by atoms with Gasteiger partial charge in [0.25, 0.3) is 12.2 Å². The Kier molecular flexibility index (Phi) is 3.66. The molecular formula is C16H11ClF2N2O. The van der Waals surface area contributed by atoms with Gasteiger partial charge in [0, 0.05) is 23.2 Å². The zero-order valence-corrected chi connectivity index (χ0v) is 12.3. The number of benzodiazepines with no additional fused rings is 1. The molecule has 0 spiro atoms. The lowest BCUT2D eigenvalue weighted by Gasteiger charge is -2.18. The highest BCUT2D eigenvalue weighted by Gasteiger charge is 2.30. The van der Waals surface area contributed by atoms with Crippen LogP contribution in [-0.2, 0) is 4.79 Å². The summed E-state index contributed by atoms with van der Waals surface area (Å²) in [6.45, 7) is 0. The number of rotatable bonds is 1. The van der Waals surface area contributed by atoms with Gasteiger partial charge in [0.05, 0.1) is 11.4 Å². The Morgan fingerprint density at radius 1 is 1.18 bits per heavy atom. The quantitative estimate of drug-likeness (QED) is 0.739. The van der Waals surface area contributed by atoms with Crippen LogP contribution in [0.5, 0.6) is 0 Å². The molecule has 0 bridgehead atoms. The molecule has 0 N–H and O–H groups in total. The molecule has 1 unspecified atom stereocenters. The van der Waals surface area contributed by atoms with E-state index in [1.807, 2.05) is 0 Å². The van der Waals surface area contributed by atoms with E-state index < -0.39 is 18.0 Å². The number of amides is 1. The van der Waals surface area contributed by atoms with Gasteiger partial charge in [-0.2, -0.15) is 0 Å². The molecule has 6 heteroatoms. The minimum atomic E-state index is -2.09. The fourth-order valence-electron chi connectivity index (χ4n) is 2.37. The van der Waals surface area contributed by atoms with Crippen LogP contribution in [0.4, 0.5) is 14.5 Å². The van der Waals surface area contributed by atoms with Crippen molar-refractivity contribution in [1.29, 1.82) is 0 Å². The van der Waals surface area contributed by atoms with Crippen LogP contribution >= 0.6 is 11.6 Å². The molecule has 2 aromatic rings. The van der Waals surface area contributed by atoms with Crippen molar-refractivity contribution in [2.24, 2.45) is 4.99 Å². The van der Waals surface area contributed by atoms with Gasteiger partial charge >= 0.3 is 0 Å². The molecule has 1 aliphatic rings. The van der Waals surface area contributed by atoms with Crippen molar-refractivity contribution in [1.82, 2.24) is 0 Å². The summed E-state index contributed by atoms with van der Waals surface area (Å²) in [7, 11) is 1.45. The van der Waals surface area contributed by atoms with Gasteiger partial charge in [-0.15, -0.1) is 0 Å². The molecule has 0 aromatic heterocycles. The maximum absolute atomic E-state index is 14.1. The van der Waals surface area contributed by atoms with Crippen LogP contribution in [0.25, 0.3) is 0 Å². The standard InChI is InChI=1S/C16H11ClF2N2O/c1-21-13-7-6-9(17)8-11(13)14(20-15(19)16(21)22)10-4-2-3-5-12(10)18/h2-8,15H,1H3. The highest BCUT2D eigenvalue weighted by molar-refractivity contribution is 6.32. The van der Waals surface area contributed by atoms with E-state index in [1.165, 1.54) is 25.2 Å². The van der Waals surface area contributed by atoms with Crippen LogP contribution in [0.1, 0.15) is 11.1 Å². The predicted octanol–water partition coefficient (Wildman–Crippen LogP) is 3.59. The summed E-state index contributed by atoms with van der Waals surface area (Å²) in [6.07, 6.45) is -2.09. The first-order valence-electron chi connectivity index (χ1n) is 6.53. The molecule has 22 heavy (non-hydrogen) atoms. The third-order valence-corrected chi connectivity index (χ3v) is 3.72. The molecule has 2 aromatic carbocycles. The third kappa shape index (κ3) is 2.37. The second kappa shape index (κ2) is 5.50. The third-order valence-electron chi connectivity index (χ3n) is 3.48. The van der Waals surface area contributed by atoms with E-state index in [4.69, 9.17) is 11.6 Å². The molecule has 1 heterocycles. The Balaban J connectivity index is 2.31. The molecular weight excluding hydrogens is 310 g/mol. The highest BCUT2D eigenvalue weighted by Crippen LogP contribution is 2.30. The highest BCUT2D eigenvalue weighted by atomic mass is 35.5. The van der Waals surface area contributed by atoms with Crippen LogP contribution in [0.3, 0.4) is 0 Å². The van der Waals surface area contributed by atoms with Crippen molar-refractivity contribution in [3.63, 3.8) is 0 Å². The average molecular weight is 321 g/mol. The number of carbonyl (C=O) groups excluding carboxylic acids is 1. The van der Waals surface area contributed by atoms with Crippen LogP contribution < -0.4 is 4.90 Å². The number of likely N-dealkylation sites (N-methyl/N-ethyl adjacent to an activating group) is 1. The second-order valence-corrected chi connectivity index (χ2v) is 5.29. The van der Waals surface area contributed by atoms with Gasteiger partial charge < -0.3 is 4.90 Å². The van der Waals surface area contributed by atoms with Crippen LogP contribution in [-0.4, -0.2) is 25.0 Å². The molecule has 0 radical (unpaired) electrons. The lowest BCUT2D eigenvalue weighted by Crippen LogP contribution is -2.32. The van der Waals surface area contributed by atoms with Crippen molar-refractivity contribution in [3.05, 3.63) is 64.4 Å². The average Bonchev–Trinajstić information content (AvgIpc) is 2.59. The Bertz CT molecular complexity index is 791. The van der Waals surface area contributed by atoms with Crippen LogP contribution in [0.15, 0.2) is 47.5 Å². The maximum Gasteiger partial charge on any atom is 0.284 e. The lowest BCUT2D eigenvalue weighted by atomic mass is 10.00. The number of nitrogens with zero attached hydrogens (tertiary/aromatic N) is 2. The normalized spacial score (nSPS) is 17.8. The Morgan fingerprint density at radius 3 is 2.64 bits per heavy atom. The number of carbonyl (C=O) groups is 1. The van der Waals surface area contributed by atoms with E-state index >= 15 is 0 Å². The molecule has 112 valence electrons. The number of aliphatic imine (C=N–C) groups is 1. The predicted molar refractivity (Wildman–Crippen MR) is 81.8 cm³/mol. The minimum absolute atomic E-state index is 0.0702. The first-order chi connectivity index (χ1) is 10.5. The van der Waals surface area contributed by atoms with E-state index in [2.05, 4.69) is 4.99 Å². The first-order valence-corrected chi connectivity index (χ1v) is 6.91. The maximum atomic E-state index is 14.1. The Morgan fingerprint density at radius 2 is 1.91 bits per heavy atom. The zero-order valence-electron chi connectivity index (χ0n) is 11.6. The SMILES string of the molecule is CN1C(=O)C(F)N=C(c2ccccc2F)c2cc(Cl)ccc21. The van der Waals surface area contributed by atoms with E-state index in [1.54, 1.807) is 24.3 Å². The topological polar surface area (TPSA) is 32.7 Å². The van der Waals surface area contributed by atoms with E-state index in [0.717, 1.165) is 4.90 Å². The van der Waals surface area contributed by atoms with Gasteiger partial charge in [0.15, 0.2) is 0 Å². The Labute approximate surface area is 130 Å². The van der Waals surface area contributed by atoms with Crippen molar-refractivity contribution in [2.45, 2.75) is 6.30 Å². The number of hydrogen-bond donors (Lipinski definition) is 0. The summed E-state index contributed by atoms with van der Waals surface area (Å²) in [5.74, 6) is -1.36. The second-order valence-electron chi connectivity index (χ2n) is 4.85. The summed E-state index contributed by atoms with van der Waals surface area (Å²) in [5, 5.41) is 0.390. The number of anilines is 1. The fourth-order valence-corrected chi connectivity index (χ4v) is 2.55. The molecule has 0 fully saturated rings. The van der Waals surface area contributed by atoms with Crippen molar-refractivity contribution in [3.8, 4) is 0 Å². The summed E-state index contributed by atoms with van der Waals surface area (Å²) >= 11 is 6.00. The number of benzene rings is 2. The van der Waals surface area contributed by atoms with Crippen molar-refractivity contribution >= 4 is 28.9 Å². The van der Waals surface area contributed by atoms with E-state index in [0.29, 0.717) is 16.3 Å². The molecule has 3 nitrogen and oxygen atoms in total. The van der Waals surface area contributed by atoms with Gasteiger partial charge in [0.1, 0.15) is 5.82 Å². The van der Waals surface area contributed by atoms with Gasteiger partial charge in [0.2, 0.25) is 0 Å². The molecule has 0 saturated carbocycles. The van der Waals surface area contributed by atoms with Crippen LogP contribution in [0.2, 0.25) is 5.02 Å². The van der Waals surface area contributed by atoms with Crippen LogP contribution in [0, 0.1) is 5.82 Å². The molecule has 1 atom stereocenters. The van der Waals surface area contributed by atoms with Gasteiger partial charge in [-0.05, 0) is 30.3 Å². The van der Waals surface area contributed by atoms with Crippen molar-refractivity contribution in [2.75, 3.05) is 11.9 Å². The number of alkyl halides is 1. The molecule has 0 saturated heterocycles. The van der Waals surface area contributed by atoms with Gasteiger partial charge in [-0.3, -0.25) is 4.79 Å². The monoisotopic (exact) mass is 320 g/mol. The first kappa shape index (κ1) is 14.7. The van der Waals surface area contributed by atoms with E-state index in [9.17, 15) is 13.6 Å².